The third kappa shape index (κ3) is 3.56. The molecule has 2 nitrogen and oxygen atoms in total. The number of aryl methyl sites for hydroxylation is 1. The van der Waals surface area contributed by atoms with Crippen LogP contribution in [0.4, 0.5) is 0 Å². The first-order valence-electron chi connectivity index (χ1n) is 6.42. The molecule has 92 valence electrons. The molecule has 0 aliphatic rings. The second-order valence-corrected chi connectivity index (χ2v) is 5.38. The smallest absolute Gasteiger partial charge is 0.0959 e. The number of hydrogen-bond donors (Lipinski definition) is 1. The molecule has 1 rings (SSSR count). The molecule has 0 aliphatic carbocycles. The summed E-state index contributed by atoms with van der Waals surface area (Å²) in [6, 6.07) is 0. The first-order valence-corrected chi connectivity index (χ1v) is 7.23. The molecule has 0 aliphatic heterocycles. The highest BCUT2D eigenvalue weighted by molar-refractivity contribution is 7.11. The monoisotopic (exact) mass is 240 g/mol. The fourth-order valence-corrected chi connectivity index (χ4v) is 2.81. The maximum Gasteiger partial charge on any atom is 0.0959 e. The first-order chi connectivity index (χ1) is 7.72. The predicted molar refractivity (Wildman–Crippen MR) is 72.2 cm³/mol. The highest BCUT2D eigenvalue weighted by Crippen LogP contribution is 2.27. The Balaban J connectivity index is 2.81. The largest absolute Gasteiger partial charge is 0.312 e. The molecule has 1 aromatic heterocycles. The van der Waals surface area contributed by atoms with Crippen LogP contribution in [0.25, 0.3) is 0 Å². The van der Waals surface area contributed by atoms with E-state index in [4.69, 9.17) is 4.98 Å². The maximum absolute atomic E-state index is 4.80. The van der Waals surface area contributed by atoms with Gasteiger partial charge in [0.2, 0.25) is 0 Å². The molecule has 0 fully saturated rings. The van der Waals surface area contributed by atoms with Gasteiger partial charge in [0.1, 0.15) is 0 Å². The van der Waals surface area contributed by atoms with Crippen LogP contribution < -0.4 is 5.32 Å². The summed E-state index contributed by atoms with van der Waals surface area (Å²) in [5.41, 5.74) is 1.32. The van der Waals surface area contributed by atoms with Crippen LogP contribution in [0, 0.1) is 0 Å². The van der Waals surface area contributed by atoms with Gasteiger partial charge in [0.25, 0.3) is 0 Å². The lowest BCUT2D eigenvalue weighted by Gasteiger charge is -2.01. The zero-order valence-corrected chi connectivity index (χ0v) is 11.8. The number of thiazole rings is 1. The fraction of sp³-hybridized carbons (Fsp3) is 0.769. The van der Waals surface area contributed by atoms with Crippen LogP contribution in [-0.4, -0.2) is 11.5 Å². The summed E-state index contributed by atoms with van der Waals surface area (Å²) in [5.74, 6) is 0.607. The van der Waals surface area contributed by atoms with Gasteiger partial charge < -0.3 is 5.32 Å². The van der Waals surface area contributed by atoms with E-state index in [9.17, 15) is 0 Å². The molecule has 3 heteroatoms. The van der Waals surface area contributed by atoms with Crippen molar-refractivity contribution in [2.24, 2.45) is 0 Å². The molecule has 1 unspecified atom stereocenters. The van der Waals surface area contributed by atoms with Gasteiger partial charge in [0.15, 0.2) is 0 Å². The minimum absolute atomic E-state index is 0.607. The predicted octanol–water partition coefficient (Wildman–Crippen LogP) is 3.72. The van der Waals surface area contributed by atoms with Crippen LogP contribution >= 0.6 is 11.3 Å². The van der Waals surface area contributed by atoms with Crippen LogP contribution in [0.3, 0.4) is 0 Å². The SMILES string of the molecule is CCCc1nc(C(C)CC)sc1CNCC. The molecule has 1 heterocycles. The molecule has 0 saturated heterocycles. The number of hydrogen-bond acceptors (Lipinski definition) is 3. The minimum atomic E-state index is 0.607. The standard InChI is InChI=1S/C13H24N2S/c1-5-8-11-12(9-14-7-3)16-13(15-11)10(4)6-2/h10,14H,5-9H2,1-4H3. The second-order valence-electron chi connectivity index (χ2n) is 4.26. The molecule has 0 spiro atoms. The normalized spacial score (nSPS) is 13.0. The van der Waals surface area contributed by atoms with E-state index in [2.05, 4.69) is 33.0 Å². The average molecular weight is 240 g/mol. The summed E-state index contributed by atoms with van der Waals surface area (Å²) in [5, 5.41) is 4.72. The van der Waals surface area contributed by atoms with Gasteiger partial charge in [-0.05, 0) is 19.4 Å². The molecular weight excluding hydrogens is 216 g/mol. The van der Waals surface area contributed by atoms with Gasteiger partial charge >= 0.3 is 0 Å². The fourth-order valence-electron chi connectivity index (χ4n) is 1.60. The summed E-state index contributed by atoms with van der Waals surface area (Å²) in [7, 11) is 0. The molecule has 1 N–H and O–H groups in total. The maximum atomic E-state index is 4.80. The van der Waals surface area contributed by atoms with Crippen LogP contribution in [0.15, 0.2) is 0 Å². The van der Waals surface area contributed by atoms with Crippen LogP contribution in [-0.2, 0) is 13.0 Å². The van der Waals surface area contributed by atoms with Crippen molar-refractivity contribution in [3.8, 4) is 0 Å². The topological polar surface area (TPSA) is 24.9 Å². The van der Waals surface area contributed by atoms with Crippen molar-refractivity contribution in [2.75, 3.05) is 6.54 Å². The quantitative estimate of drug-likeness (QED) is 0.785. The Kier molecular flexibility index (Phi) is 5.99. The molecule has 0 saturated carbocycles. The number of rotatable bonds is 7. The zero-order valence-electron chi connectivity index (χ0n) is 11.0. The number of nitrogens with zero attached hydrogens (tertiary/aromatic N) is 1. The summed E-state index contributed by atoms with van der Waals surface area (Å²) >= 11 is 1.90. The van der Waals surface area contributed by atoms with Crippen molar-refractivity contribution >= 4 is 11.3 Å². The molecule has 0 bridgehead atoms. The van der Waals surface area contributed by atoms with Gasteiger partial charge in [-0.25, -0.2) is 4.98 Å². The Morgan fingerprint density at radius 1 is 1.31 bits per heavy atom. The molecule has 1 atom stereocenters. The summed E-state index contributed by atoms with van der Waals surface area (Å²) in [4.78, 5) is 6.25. The van der Waals surface area contributed by atoms with E-state index in [1.54, 1.807) is 0 Å². The van der Waals surface area contributed by atoms with E-state index < -0.39 is 0 Å². The highest BCUT2D eigenvalue weighted by atomic mass is 32.1. The third-order valence-electron chi connectivity index (χ3n) is 2.85. The van der Waals surface area contributed by atoms with E-state index >= 15 is 0 Å². The molecule has 0 amide bonds. The van der Waals surface area contributed by atoms with Gasteiger partial charge in [-0.2, -0.15) is 0 Å². The van der Waals surface area contributed by atoms with Gasteiger partial charge in [0, 0.05) is 17.3 Å². The summed E-state index contributed by atoms with van der Waals surface area (Å²) < 4.78 is 0. The van der Waals surface area contributed by atoms with Crippen molar-refractivity contribution < 1.29 is 0 Å². The Hall–Kier alpha value is -0.410. The van der Waals surface area contributed by atoms with Gasteiger partial charge in [0.05, 0.1) is 10.7 Å². The van der Waals surface area contributed by atoms with E-state index in [1.807, 2.05) is 11.3 Å². The Labute approximate surface area is 103 Å². The average Bonchev–Trinajstić information content (AvgIpc) is 2.69. The van der Waals surface area contributed by atoms with Crippen molar-refractivity contribution in [2.45, 2.75) is 59.4 Å². The lowest BCUT2D eigenvalue weighted by Crippen LogP contribution is -2.11. The number of aromatic nitrogens is 1. The summed E-state index contributed by atoms with van der Waals surface area (Å²) in [6.45, 7) is 10.9. The van der Waals surface area contributed by atoms with Crippen molar-refractivity contribution in [3.63, 3.8) is 0 Å². The van der Waals surface area contributed by atoms with Crippen molar-refractivity contribution in [1.29, 1.82) is 0 Å². The Morgan fingerprint density at radius 3 is 2.62 bits per heavy atom. The Morgan fingerprint density at radius 2 is 2.06 bits per heavy atom. The lowest BCUT2D eigenvalue weighted by molar-refractivity contribution is 0.710. The Bertz CT molecular complexity index is 307. The highest BCUT2D eigenvalue weighted by Gasteiger charge is 2.13. The minimum Gasteiger partial charge on any atom is -0.312 e. The van der Waals surface area contributed by atoms with Gasteiger partial charge in [-0.15, -0.1) is 11.3 Å². The zero-order chi connectivity index (χ0) is 12.0. The van der Waals surface area contributed by atoms with Gasteiger partial charge in [-0.3, -0.25) is 0 Å². The lowest BCUT2D eigenvalue weighted by atomic mass is 10.1. The molecule has 1 aromatic rings. The molecule has 0 radical (unpaired) electrons. The first kappa shape index (κ1) is 13.7. The van der Waals surface area contributed by atoms with Crippen molar-refractivity contribution in [3.05, 3.63) is 15.6 Å². The molecular formula is C13H24N2S. The van der Waals surface area contributed by atoms with Gasteiger partial charge in [-0.1, -0.05) is 34.1 Å². The molecule has 16 heavy (non-hydrogen) atoms. The number of nitrogens with one attached hydrogen (secondary N) is 1. The molecule has 0 aromatic carbocycles. The van der Waals surface area contributed by atoms with E-state index in [0.717, 1.165) is 19.5 Å². The van der Waals surface area contributed by atoms with Crippen LogP contribution in [0.2, 0.25) is 0 Å². The van der Waals surface area contributed by atoms with Crippen LogP contribution in [0.1, 0.15) is 62.0 Å². The third-order valence-corrected chi connectivity index (χ3v) is 4.18. The van der Waals surface area contributed by atoms with E-state index in [-0.39, 0.29) is 0 Å². The van der Waals surface area contributed by atoms with Crippen LogP contribution in [0.5, 0.6) is 0 Å². The van der Waals surface area contributed by atoms with E-state index in [1.165, 1.54) is 28.4 Å². The van der Waals surface area contributed by atoms with E-state index in [0.29, 0.717) is 5.92 Å². The second kappa shape index (κ2) is 7.02. The van der Waals surface area contributed by atoms with Crippen molar-refractivity contribution in [1.82, 2.24) is 10.3 Å². The summed E-state index contributed by atoms with van der Waals surface area (Å²) in [6.07, 6.45) is 3.48.